The monoisotopic (exact) mass is 261 g/mol. The second-order valence-corrected chi connectivity index (χ2v) is 6.03. The summed E-state index contributed by atoms with van der Waals surface area (Å²) in [4.78, 5) is 11.2. The SMILES string of the molecule is CCOC1CC2(CCN(c3ncc(C)cn3)CC2)C1. The fraction of sp³-hybridized carbons (Fsp3) is 0.733. The second kappa shape index (κ2) is 5.08. The normalized spacial score (nSPS) is 22.5. The van der Waals surface area contributed by atoms with E-state index in [1.165, 1.54) is 25.7 Å². The van der Waals surface area contributed by atoms with Crippen LogP contribution in [-0.2, 0) is 4.74 Å². The second-order valence-electron chi connectivity index (χ2n) is 6.03. The molecule has 2 fully saturated rings. The molecule has 1 aliphatic carbocycles. The quantitative estimate of drug-likeness (QED) is 0.838. The van der Waals surface area contributed by atoms with Gasteiger partial charge in [-0.1, -0.05) is 0 Å². The molecule has 1 aromatic heterocycles. The Morgan fingerprint density at radius 1 is 1.26 bits per heavy atom. The molecule has 104 valence electrons. The standard InChI is InChI=1S/C15H23N3O/c1-3-19-13-8-15(9-13)4-6-18(7-5-15)14-16-10-12(2)11-17-14/h10-11,13H,3-9H2,1-2H3. The van der Waals surface area contributed by atoms with E-state index in [-0.39, 0.29) is 0 Å². The molecule has 0 amide bonds. The number of nitrogens with zero attached hydrogens (tertiary/aromatic N) is 3. The molecule has 0 radical (unpaired) electrons. The summed E-state index contributed by atoms with van der Waals surface area (Å²) in [6.07, 6.45) is 9.35. The van der Waals surface area contributed by atoms with Crippen LogP contribution in [0.15, 0.2) is 12.4 Å². The van der Waals surface area contributed by atoms with E-state index in [1.54, 1.807) is 0 Å². The Labute approximate surface area is 115 Å². The number of aryl methyl sites for hydroxylation is 1. The van der Waals surface area contributed by atoms with Crippen molar-refractivity contribution in [2.24, 2.45) is 5.41 Å². The van der Waals surface area contributed by atoms with Crippen molar-refractivity contribution in [2.45, 2.75) is 45.6 Å². The predicted octanol–water partition coefficient (Wildman–Crippen LogP) is 2.57. The first-order valence-electron chi connectivity index (χ1n) is 7.36. The van der Waals surface area contributed by atoms with Crippen molar-refractivity contribution in [3.63, 3.8) is 0 Å². The van der Waals surface area contributed by atoms with E-state index in [4.69, 9.17) is 4.74 Å². The molecule has 1 aromatic rings. The number of hydrogen-bond acceptors (Lipinski definition) is 4. The molecule has 1 spiro atoms. The van der Waals surface area contributed by atoms with Gasteiger partial charge in [0.2, 0.25) is 5.95 Å². The molecule has 1 aliphatic heterocycles. The molecule has 3 rings (SSSR count). The summed E-state index contributed by atoms with van der Waals surface area (Å²) in [7, 11) is 0. The Morgan fingerprint density at radius 3 is 2.47 bits per heavy atom. The lowest BCUT2D eigenvalue weighted by atomic mass is 9.61. The zero-order valence-corrected chi connectivity index (χ0v) is 11.9. The van der Waals surface area contributed by atoms with Crippen LogP contribution in [0.3, 0.4) is 0 Å². The van der Waals surface area contributed by atoms with Gasteiger partial charge in [-0.2, -0.15) is 0 Å². The van der Waals surface area contributed by atoms with E-state index < -0.39 is 0 Å². The summed E-state index contributed by atoms with van der Waals surface area (Å²) in [6.45, 7) is 7.13. The zero-order chi connectivity index (χ0) is 13.3. The number of hydrogen-bond donors (Lipinski definition) is 0. The number of aromatic nitrogens is 2. The van der Waals surface area contributed by atoms with Gasteiger partial charge >= 0.3 is 0 Å². The molecule has 0 unspecified atom stereocenters. The summed E-state index contributed by atoms with van der Waals surface area (Å²) >= 11 is 0. The Morgan fingerprint density at radius 2 is 1.89 bits per heavy atom. The summed E-state index contributed by atoms with van der Waals surface area (Å²) < 4.78 is 5.69. The molecule has 1 saturated heterocycles. The number of rotatable bonds is 3. The van der Waals surface area contributed by atoms with Crippen LogP contribution < -0.4 is 4.90 Å². The highest BCUT2D eigenvalue weighted by Gasteiger charge is 2.46. The van der Waals surface area contributed by atoms with Gasteiger partial charge in [-0.15, -0.1) is 0 Å². The van der Waals surface area contributed by atoms with Gasteiger partial charge in [0.05, 0.1) is 6.10 Å². The topological polar surface area (TPSA) is 38.2 Å². The first-order valence-corrected chi connectivity index (χ1v) is 7.36. The summed E-state index contributed by atoms with van der Waals surface area (Å²) in [5.41, 5.74) is 1.68. The van der Waals surface area contributed by atoms with Crippen molar-refractivity contribution >= 4 is 5.95 Å². The van der Waals surface area contributed by atoms with Gasteiger partial charge in [-0.05, 0) is 50.5 Å². The molecule has 4 nitrogen and oxygen atoms in total. The van der Waals surface area contributed by atoms with E-state index in [9.17, 15) is 0 Å². The van der Waals surface area contributed by atoms with Crippen molar-refractivity contribution in [1.29, 1.82) is 0 Å². The van der Waals surface area contributed by atoms with Crippen LogP contribution in [0, 0.1) is 12.3 Å². The van der Waals surface area contributed by atoms with Crippen LogP contribution >= 0.6 is 0 Å². The maximum atomic E-state index is 5.69. The van der Waals surface area contributed by atoms with Crippen LogP contribution in [-0.4, -0.2) is 35.8 Å². The minimum absolute atomic E-state index is 0.521. The summed E-state index contributed by atoms with van der Waals surface area (Å²) in [5.74, 6) is 0.890. The van der Waals surface area contributed by atoms with Gasteiger partial charge in [0.1, 0.15) is 0 Å². The van der Waals surface area contributed by atoms with Gasteiger partial charge in [0.15, 0.2) is 0 Å². The number of ether oxygens (including phenoxy) is 1. The van der Waals surface area contributed by atoms with E-state index in [1.807, 2.05) is 19.3 Å². The molecule has 2 heterocycles. The van der Waals surface area contributed by atoms with Crippen molar-refractivity contribution in [1.82, 2.24) is 9.97 Å². The van der Waals surface area contributed by atoms with Crippen LogP contribution in [0.5, 0.6) is 0 Å². The van der Waals surface area contributed by atoms with E-state index >= 15 is 0 Å². The van der Waals surface area contributed by atoms with E-state index in [2.05, 4.69) is 21.8 Å². The van der Waals surface area contributed by atoms with Crippen LogP contribution in [0.1, 0.15) is 38.2 Å². The molecule has 0 bridgehead atoms. The highest BCUT2D eigenvalue weighted by Crippen LogP contribution is 2.50. The van der Waals surface area contributed by atoms with E-state index in [0.29, 0.717) is 11.5 Å². The molecule has 4 heteroatoms. The average Bonchev–Trinajstić information content (AvgIpc) is 2.39. The summed E-state index contributed by atoms with van der Waals surface area (Å²) in [5, 5.41) is 0. The third kappa shape index (κ3) is 2.59. The largest absolute Gasteiger partial charge is 0.378 e. The Hall–Kier alpha value is -1.16. The minimum atomic E-state index is 0.521. The van der Waals surface area contributed by atoms with Crippen LogP contribution in [0.4, 0.5) is 5.95 Å². The third-order valence-electron chi connectivity index (χ3n) is 4.60. The zero-order valence-electron chi connectivity index (χ0n) is 11.9. The van der Waals surface area contributed by atoms with Gasteiger partial charge in [0, 0.05) is 32.1 Å². The van der Waals surface area contributed by atoms with Gasteiger partial charge in [-0.25, -0.2) is 9.97 Å². The Bertz CT molecular complexity index is 416. The maximum Gasteiger partial charge on any atom is 0.225 e. The number of piperidine rings is 1. The first-order chi connectivity index (χ1) is 9.21. The highest BCUT2D eigenvalue weighted by atomic mass is 16.5. The number of anilines is 1. The van der Waals surface area contributed by atoms with Gasteiger partial charge in [0.25, 0.3) is 0 Å². The van der Waals surface area contributed by atoms with Gasteiger partial charge < -0.3 is 9.64 Å². The minimum Gasteiger partial charge on any atom is -0.378 e. The molecule has 1 saturated carbocycles. The predicted molar refractivity (Wildman–Crippen MR) is 75.3 cm³/mol. The molecular weight excluding hydrogens is 238 g/mol. The van der Waals surface area contributed by atoms with Gasteiger partial charge in [-0.3, -0.25) is 0 Å². The fourth-order valence-electron chi connectivity index (χ4n) is 3.40. The van der Waals surface area contributed by atoms with Crippen LogP contribution in [0.25, 0.3) is 0 Å². The molecule has 0 aromatic carbocycles. The Kier molecular flexibility index (Phi) is 3.44. The lowest BCUT2D eigenvalue weighted by Crippen LogP contribution is -2.50. The lowest BCUT2D eigenvalue weighted by molar-refractivity contribution is -0.0870. The molecular formula is C15H23N3O. The van der Waals surface area contributed by atoms with Crippen molar-refractivity contribution in [2.75, 3.05) is 24.6 Å². The third-order valence-corrected chi connectivity index (χ3v) is 4.60. The highest BCUT2D eigenvalue weighted by molar-refractivity contribution is 5.31. The van der Waals surface area contributed by atoms with Crippen molar-refractivity contribution in [3.05, 3.63) is 18.0 Å². The fourth-order valence-corrected chi connectivity index (χ4v) is 3.40. The Balaban J connectivity index is 1.54. The molecule has 0 atom stereocenters. The van der Waals surface area contributed by atoms with Crippen LogP contribution in [0.2, 0.25) is 0 Å². The molecule has 0 N–H and O–H groups in total. The molecule has 2 aliphatic rings. The van der Waals surface area contributed by atoms with E-state index in [0.717, 1.165) is 31.2 Å². The smallest absolute Gasteiger partial charge is 0.225 e. The maximum absolute atomic E-state index is 5.69. The lowest BCUT2D eigenvalue weighted by Gasteiger charge is -2.51. The first kappa shape index (κ1) is 12.9. The molecule has 19 heavy (non-hydrogen) atoms. The summed E-state index contributed by atoms with van der Waals surface area (Å²) in [6, 6.07) is 0. The van der Waals surface area contributed by atoms with Crippen molar-refractivity contribution < 1.29 is 4.74 Å². The average molecular weight is 261 g/mol. The van der Waals surface area contributed by atoms with Crippen molar-refractivity contribution in [3.8, 4) is 0 Å².